The first-order chi connectivity index (χ1) is 9.99. The van der Waals surface area contributed by atoms with Gasteiger partial charge in [-0.1, -0.05) is 27.7 Å². The second kappa shape index (κ2) is 9.78. The lowest BCUT2D eigenvalue weighted by Crippen LogP contribution is -2.60. The van der Waals surface area contributed by atoms with Crippen molar-refractivity contribution in [3.63, 3.8) is 0 Å². The molecule has 0 aromatic heterocycles. The first-order valence-electron chi connectivity index (χ1n) is 8.53. The van der Waals surface area contributed by atoms with Crippen molar-refractivity contribution in [1.82, 2.24) is 10.2 Å². The summed E-state index contributed by atoms with van der Waals surface area (Å²) < 4.78 is 10.5. The summed E-state index contributed by atoms with van der Waals surface area (Å²) in [5.74, 6) is 0. The molecule has 0 aliphatic carbocycles. The quantitative estimate of drug-likeness (QED) is 0.664. The Morgan fingerprint density at radius 1 is 1.14 bits per heavy atom. The molecule has 0 aromatic rings. The van der Waals surface area contributed by atoms with Crippen LogP contribution in [-0.2, 0) is 9.47 Å². The first-order valence-corrected chi connectivity index (χ1v) is 8.53. The number of unbranched alkanes of at least 4 members (excludes halogenated alkanes) is 1. The van der Waals surface area contributed by atoms with Crippen LogP contribution in [0.3, 0.4) is 0 Å². The van der Waals surface area contributed by atoms with E-state index in [-0.39, 0.29) is 0 Å². The predicted molar refractivity (Wildman–Crippen MR) is 88.8 cm³/mol. The lowest BCUT2D eigenvalue weighted by Gasteiger charge is -2.45. The average molecular weight is 300 g/mol. The third-order valence-corrected chi connectivity index (χ3v) is 4.47. The van der Waals surface area contributed by atoms with Crippen molar-refractivity contribution in [3.05, 3.63) is 0 Å². The van der Waals surface area contributed by atoms with E-state index in [1.54, 1.807) is 7.11 Å². The van der Waals surface area contributed by atoms with Gasteiger partial charge in [-0.05, 0) is 31.2 Å². The van der Waals surface area contributed by atoms with Crippen LogP contribution >= 0.6 is 0 Å². The minimum Gasteiger partial charge on any atom is -0.382 e. The molecule has 2 unspecified atom stereocenters. The van der Waals surface area contributed by atoms with Gasteiger partial charge in [-0.2, -0.15) is 0 Å². The molecule has 1 rings (SSSR count). The van der Waals surface area contributed by atoms with Gasteiger partial charge in [-0.15, -0.1) is 0 Å². The molecule has 1 saturated heterocycles. The normalized spacial score (nSPS) is 24.4. The Kier molecular flexibility index (Phi) is 8.79. The summed E-state index contributed by atoms with van der Waals surface area (Å²) in [5, 5.41) is 3.73. The van der Waals surface area contributed by atoms with E-state index in [1.165, 1.54) is 25.9 Å². The highest BCUT2D eigenvalue weighted by Crippen LogP contribution is 2.24. The number of methoxy groups -OCH3 is 1. The number of hydrogen-bond acceptors (Lipinski definition) is 4. The van der Waals surface area contributed by atoms with E-state index in [4.69, 9.17) is 9.47 Å². The van der Waals surface area contributed by atoms with E-state index in [1.807, 2.05) is 0 Å². The standard InChI is InChI=1S/C17H36N2O2/c1-6-15-13-18-16(17(2,3)4)14-19(15)9-7-8-10-21-12-11-20-5/h15-16,18H,6-14H2,1-5H3. The Hall–Kier alpha value is -0.160. The van der Waals surface area contributed by atoms with E-state index in [0.717, 1.165) is 19.6 Å². The molecular weight excluding hydrogens is 264 g/mol. The van der Waals surface area contributed by atoms with Crippen LogP contribution < -0.4 is 5.32 Å². The van der Waals surface area contributed by atoms with Crippen molar-refractivity contribution in [2.24, 2.45) is 5.41 Å². The van der Waals surface area contributed by atoms with Gasteiger partial charge >= 0.3 is 0 Å². The van der Waals surface area contributed by atoms with Gasteiger partial charge in [0.05, 0.1) is 13.2 Å². The Morgan fingerprint density at radius 2 is 1.90 bits per heavy atom. The zero-order chi connectivity index (χ0) is 15.7. The van der Waals surface area contributed by atoms with Gasteiger partial charge in [0.1, 0.15) is 0 Å². The lowest BCUT2D eigenvalue weighted by atomic mass is 9.84. The Bertz CT molecular complexity index is 266. The molecule has 0 aromatic carbocycles. The third kappa shape index (κ3) is 7.09. The number of nitrogens with one attached hydrogen (secondary N) is 1. The van der Waals surface area contributed by atoms with Crippen molar-refractivity contribution in [3.8, 4) is 0 Å². The number of ether oxygens (including phenoxy) is 2. The second-order valence-electron chi connectivity index (χ2n) is 7.20. The molecule has 4 nitrogen and oxygen atoms in total. The topological polar surface area (TPSA) is 33.7 Å². The fourth-order valence-electron chi connectivity index (χ4n) is 2.88. The summed E-state index contributed by atoms with van der Waals surface area (Å²) in [6.07, 6.45) is 3.60. The molecule has 1 aliphatic rings. The molecule has 0 amide bonds. The Balaban J connectivity index is 2.26. The monoisotopic (exact) mass is 300 g/mol. The molecule has 0 saturated carbocycles. The first kappa shape index (κ1) is 18.9. The minimum absolute atomic E-state index is 0.334. The maximum Gasteiger partial charge on any atom is 0.0700 e. The minimum atomic E-state index is 0.334. The summed E-state index contributed by atoms with van der Waals surface area (Å²) in [5.41, 5.74) is 0.334. The van der Waals surface area contributed by atoms with Crippen molar-refractivity contribution in [2.75, 3.05) is 46.6 Å². The zero-order valence-corrected chi connectivity index (χ0v) is 14.8. The number of rotatable bonds is 9. The van der Waals surface area contributed by atoms with E-state index < -0.39 is 0 Å². The molecule has 4 heteroatoms. The van der Waals surface area contributed by atoms with E-state index in [9.17, 15) is 0 Å². The molecule has 126 valence electrons. The number of hydrogen-bond donors (Lipinski definition) is 1. The van der Waals surface area contributed by atoms with Crippen LogP contribution in [0.15, 0.2) is 0 Å². The average Bonchev–Trinajstić information content (AvgIpc) is 2.45. The molecule has 0 bridgehead atoms. The molecular formula is C17H36N2O2. The summed E-state index contributed by atoms with van der Waals surface area (Å²) in [6.45, 7) is 15.1. The fraction of sp³-hybridized carbons (Fsp3) is 1.00. The van der Waals surface area contributed by atoms with Crippen LogP contribution in [0.4, 0.5) is 0 Å². The number of nitrogens with zero attached hydrogens (tertiary/aromatic N) is 1. The van der Waals surface area contributed by atoms with Crippen LogP contribution in [0.2, 0.25) is 0 Å². The molecule has 1 N–H and O–H groups in total. The van der Waals surface area contributed by atoms with Gasteiger partial charge in [0.2, 0.25) is 0 Å². The zero-order valence-electron chi connectivity index (χ0n) is 14.8. The molecule has 0 spiro atoms. The molecule has 1 heterocycles. The van der Waals surface area contributed by atoms with Crippen molar-refractivity contribution < 1.29 is 9.47 Å². The summed E-state index contributed by atoms with van der Waals surface area (Å²) in [6, 6.07) is 1.29. The Labute approximate surface area is 131 Å². The molecule has 1 aliphatic heterocycles. The van der Waals surface area contributed by atoms with Crippen LogP contribution in [0.5, 0.6) is 0 Å². The van der Waals surface area contributed by atoms with E-state index in [0.29, 0.717) is 30.7 Å². The van der Waals surface area contributed by atoms with E-state index in [2.05, 4.69) is 37.9 Å². The van der Waals surface area contributed by atoms with Gasteiger partial charge < -0.3 is 14.8 Å². The van der Waals surface area contributed by atoms with Crippen LogP contribution in [0.1, 0.15) is 47.0 Å². The van der Waals surface area contributed by atoms with Gasteiger partial charge in [-0.3, -0.25) is 4.90 Å². The fourth-order valence-corrected chi connectivity index (χ4v) is 2.88. The van der Waals surface area contributed by atoms with Crippen molar-refractivity contribution in [2.45, 2.75) is 59.0 Å². The highest BCUT2D eigenvalue weighted by molar-refractivity contribution is 4.91. The third-order valence-electron chi connectivity index (χ3n) is 4.47. The largest absolute Gasteiger partial charge is 0.382 e. The van der Waals surface area contributed by atoms with Crippen LogP contribution in [-0.4, -0.2) is 63.5 Å². The summed E-state index contributed by atoms with van der Waals surface area (Å²) in [7, 11) is 1.71. The molecule has 21 heavy (non-hydrogen) atoms. The van der Waals surface area contributed by atoms with E-state index >= 15 is 0 Å². The molecule has 2 atom stereocenters. The number of piperazine rings is 1. The summed E-state index contributed by atoms with van der Waals surface area (Å²) in [4.78, 5) is 2.68. The molecule has 0 radical (unpaired) electrons. The van der Waals surface area contributed by atoms with Crippen LogP contribution in [0, 0.1) is 5.41 Å². The smallest absolute Gasteiger partial charge is 0.0700 e. The van der Waals surface area contributed by atoms with Crippen molar-refractivity contribution >= 4 is 0 Å². The lowest BCUT2D eigenvalue weighted by molar-refractivity contribution is 0.0603. The predicted octanol–water partition coefficient (Wildman–Crippen LogP) is 2.53. The maximum absolute atomic E-state index is 5.54. The summed E-state index contributed by atoms with van der Waals surface area (Å²) >= 11 is 0. The Morgan fingerprint density at radius 3 is 2.52 bits per heavy atom. The van der Waals surface area contributed by atoms with Gasteiger partial charge in [-0.25, -0.2) is 0 Å². The van der Waals surface area contributed by atoms with Crippen molar-refractivity contribution in [1.29, 1.82) is 0 Å². The highest BCUT2D eigenvalue weighted by Gasteiger charge is 2.32. The van der Waals surface area contributed by atoms with Gasteiger partial charge in [0.15, 0.2) is 0 Å². The second-order valence-corrected chi connectivity index (χ2v) is 7.20. The van der Waals surface area contributed by atoms with Crippen LogP contribution in [0.25, 0.3) is 0 Å². The van der Waals surface area contributed by atoms with Gasteiger partial charge in [0.25, 0.3) is 0 Å². The highest BCUT2D eigenvalue weighted by atomic mass is 16.5. The maximum atomic E-state index is 5.54. The SMILES string of the molecule is CCC1CNC(C(C)(C)C)CN1CCCCOCCOC. The molecule has 1 fully saturated rings. The van der Waals surface area contributed by atoms with Gasteiger partial charge in [0, 0.05) is 38.9 Å².